The van der Waals surface area contributed by atoms with E-state index in [0.29, 0.717) is 12.3 Å². The van der Waals surface area contributed by atoms with Crippen LogP contribution in [0.25, 0.3) is 0 Å². The monoisotopic (exact) mass is 282 g/mol. The number of hydrogen-bond donors (Lipinski definition) is 3. The summed E-state index contributed by atoms with van der Waals surface area (Å²) >= 11 is 1.72. The first-order valence-corrected chi connectivity index (χ1v) is 7.37. The van der Waals surface area contributed by atoms with Gasteiger partial charge in [0.25, 0.3) is 0 Å². The van der Waals surface area contributed by atoms with Gasteiger partial charge in [0.1, 0.15) is 12.4 Å². The standard InChI is InChI=1S/C13H18N2O3S/c16-5-6-18-12-4-2-1-3-10(12)7-14-13(17)11-8-19-9-15-11/h1-4,11,15-16H,5-9H2,(H,14,17)/t11-/m0/s1. The number of aliphatic hydroxyl groups is 1. The van der Waals surface area contributed by atoms with Crippen LogP contribution >= 0.6 is 11.8 Å². The van der Waals surface area contributed by atoms with Crippen molar-refractivity contribution in [3.05, 3.63) is 29.8 Å². The molecule has 19 heavy (non-hydrogen) atoms. The average Bonchev–Trinajstić information content (AvgIpc) is 2.97. The summed E-state index contributed by atoms with van der Waals surface area (Å²) in [5.74, 6) is 2.36. The van der Waals surface area contributed by atoms with Gasteiger partial charge in [-0.05, 0) is 6.07 Å². The van der Waals surface area contributed by atoms with Gasteiger partial charge in [-0.3, -0.25) is 10.1 Å². The van der Waals surface area contributed by atoms with Crippen molar-refractivity contribution in [1.82, 2.24) is 10.6 Å². The normalized spacial score (nSPS) is 18.3. The minimum Gasteiger partial charge on any atom is -0.491 e. The van der Waals surface area contributed by atoms with E-state index < -0.39 is 0 Å². The summed E-state index contributed by atoms with van der Waals surface area (Å²) in [6, 6.07) is 7.41. The molecule has 6 heteroatoms. The van der Waals surface area contributed by atoms with Gasteiger partial charge in [-0.1, -0.05) is 18.2 Å². The number of benzene rings is 1. The Bertz CT molecular complexity index is 422. The molecule has 1 fully saturated rings. The van der Waals surface area contributed by atoms with Crippen LogP contribution in [0, 0.1) is 0 Å². The van der Waals surface area contributed by atoms with E-state index in [9.17, 15) is 4.79 Å². The van der Waals surface area contributed by atoms with E-state index in [2.05, 4.69) is 10.6 Å². The Hall–Kier alpha value is -1.24. The molecular weight excluding hydrogens is 264 g/mol. The molecule has 0 spiro atoms. The van der Waals surface area contributed by atoms with Crippen molar-refractivity contribution >= 4 is 17.7 Å². The summed E-state index contributed by atoms with van der Waals surface area (Å²) in [6.45, 7) is 0.666. The Kier molecular flexibility index (Phi) is 5.50. The van der Waals surface area contributed by atoms with Crippen LogP contribution in [0.3, 0.4) is 0 Å². The van der Waals surface area contributed by atoms with Crippen molar-refractivity contribution in [2.24, 2.45) is 0 Å². The molecule has 0 aromatic heterocycles. The Labute approximate surface area is 116 Å². The number of aliphatic hydroxyl groups excluding tert-OH is 1. The van der Waals surface area contributed by atoms with Crippen LogP contribution < -0.4 is 15.4 Å². The zero-order chi connectivity index (χ0) is 13.5. The molecule has 1 saturated heterocycles. The Morgan fingerprint density at radius 1 is 1.53 bits per heavy atom. The molecule has 1 aromatic rings. The quantitative estimate of drug-likeness (QED) is 0.702. The van der Waals surface area contributed by atoms with Crippen LogP contribution in [0.1, 0.15) is 5.56 Å². The molecule has 1 heterocycles. The Morgan fingerprint density at radius 2 is 2.37 bits per heavy atom. The van der Waals surface area contributed by atoms with Crippen LogP contribution in [0.4, 0.5) is 0 Å². The third-order valence-electron chi connectivity index (χ3n) is 2.81. The maximum Gasteiger partial charge on any atom is 0.238 e. The largest absolute Gasteiger partial charge is 0.491 e. The van der Waals surface area contributed by atoms with E-state index in [4.69, 9.17) is 9.84 Å². The van der Waals surface area contributed by atoms with E-state index in [1.807, 2.05) is 24.3 Å². The first kappa shape index (κ1) is 14.2. The van der Waals surface area contributed by atoms with Crippen LogP contribution in [-0.4, -0.2) is 41.9 Å². The zero-order valence-corrected chi connectivity index (χ0v) is 11.4. The van der Waals surface area contributed by atoms with Crippen LogP contribution in [-0.2, 0) is 11.3 Å². The van der Waals surface area contributed by atoms with Gasteiger partial charge in [-0.15, -0.1) is 11.8 Å². The van der Waals surface area contributed by atoms with Crippen molar-refractivity contribution in [3.8, 4) is 5.75 Å². The topological polar surface area (TPSA) is 70.6 Å². The zero-order valence-electron chi connectivity index (χ0n) is 10.6. The Balaban J connectivity index is 1.89. The van der Waals surface area contributed by atoms with Crippen molar-refractivity contribution in [3.63, 3.8) is 0 Å². The molecule has 1 aliphatic heterocycles. The summed E-state index contributed by atoms with van der Waals surface area (Å²) in [7, 11) is 0. The molecule has 0 aliphatic carbocycles. The lowest BCUT2D eigenvalue weighted by molar-refractivity contribution is -0.122. The van der Waals surface area contributed by atoms with Gasteiger partial charge < -0.3 is 15.2 Å². The summed E-state index contributed by atoms with van der Waals surface area (Å²) < 4.78 is 5.42. The highest BCUT2D eigenvalue weighted by molar-refractivity contribution is 7.99. The van der Waals surface area contributed by atoms with Gasteiger partial charge >= 0.3 is 0 Å². The van der Waals surface area contributed by atoms with Gasteiger partial charge in [0.15, 0.2) is 0 Å². The number of hydrogen-bond acceptors (Lipinski definition) is 5. The molecule has 1 amide bonds. The Morgan fingerprint density at radius 3 is 3.11 bits per heavy atom. The smallest absolute Gasteiger partial charge is 0.238 e. The van der Waals surface area contributed by atoms with Crippen molar-refractivity contribution < 1.29 is 14.6 Å². The fourth-order valence-corrected chi connectivity index (χ4v) is 2.76. The van der Waals surface area contributed by atoms with E-state index in [-0.39, 0.29) is 25.2 Å². The molecule has 1 aromatic carbocycles. The fraction of sp³-hybridized carbons (Fsp3) is 0.462. The number of nitrogens with one attached hydrogen (secondary N) is 2. The summed E-state index contributed by atoms with van der Waals surface area (Å²) in [4.78, 5) is 11.9. The second-order valence-electron chi connectivity index (χ2n) is 4.17. The highest BCUT2D eigenvalue weighted by atomic mass is 32.2. The van der Waals surface area contributed by atoms with Crippen molar-refractivity contribution in [2.45, 2.75) is 12.6 Å². The van der Waals surface area contributed by atoms with Crippen LogP contribution in [0.2, 0.25) is 0 Å². The molecule has 5 nitrogen and oxygen atoms in total. The van der Waals surface area contributed by atoms with Crippen molar-refractivity contribution in [2.75, 3.05) is 24.8 Å². The number of amides is 1. The molecule has 1 atom stereocenters. The lowest BCUT2D eigenvalue weighted by atomic mass is 10.2. The molecule has 0 unspecified atom stereocenters. The predicted molar refractivity (Wildman–Crippen MR) is 75.1 cm³/mol. The summed E-state index contributed by atoms with van der Waals surface area (Å²) in [5, 5.41) is 14.8. The van der Waals surface area contributed by atoms with Gasteiger partial charge in [0.05, 0.1) is 12.6 Å². The third kappa shape index (κ3) is 4.12. The number of rotatable bonds is 6. The molecule has 1 aliphatic rings. The van der Waals surface area contributed by atoms with Crippen LogP contribution in [0.5, 0.6) is 5.75 Å². The average molecular weight is 282 g/mol. The van der Waals surface area contributed by atoms with Gasteiger partial charge in [-0.25, -0.2) is 0 Å². The van der Waals surface area contributed by atoms with E-state index >= 15 is 0 Å². The van der Waals surface area contributed by atoms with E-state index in [0.717, 1.165) is 17.2 Å². The summed E-state index contributed by atoms with van der Waals surface area (Å²) in [6.07, 6.45) is 0. The fourth-order valence-electron chi connectivity index (χ4n) is 1.82. The number of carbonyl (C=O) groups excluding carboxylic acids is 1. The molecule has 0 bridgehead atoms. The first-order chi connectivity index (χ1) is 9.31. The van der Waals surface area contributed by atoms with E-state index in [1.165, 1.54) is 0 Å². The van der Waals surface area contributed by atoms with Gasteiger partial charge in [-0.2, -0.15) is 0 Å². The minimum absolute atomic E-state index is 0.0157. The SMILES string of the molecule is O=C(NCc1ccccc1OCCO)[C@@H]1CSCN1. The first-order valence-electron chi connectivity index (χ1n) is 6.21. The number of thioether (sulfide) groups is 1. The van der Waals surface area contributed by atoms with E-state index in [1.54, 1.807) is 11.8 Å². The molecular formula is C13H18N2O3S. The highest BCUT2D eigenvalue weighted by Gasteiger charge is 2.22. The number of ether oxygens (including phenoxy) is 1. The highest BCUT2D eigenvalue weighted by Crippen LogP contribution is 2.17. The maximum atomic E-state index is 11.9. The minimum atomic E-state index is -0.101. The number of carbonyl (C=O) groups is 1. The second-order valence-corrected chi connectivity index (χ2v) is 5.20. The lowest BCUT2D eigenvalue weighted by Crippen LogP contribution is -2.41. The molecule has 0 saturated carbocycles. The van der Waals surface area contributed by atoms with Gasteiger partial charge in [0.2, 0.25) is 5.91 Å². The third-order valence-corrected chi connectivity index (χ3v) is 3.75. The maximum absolute atomic E-state index is 11.9. The molecule has 104 valence electrons. The second kappa shape index (κ2) is 7.37. The summed E-state index contributed by atoms with van der Waals surface area (Å²) in [5.41, 5.74) is 0.912. The predicted octanol–water partition coefficient (Wildman–Crippen LogP) is 0.336. The molecule has 2 rings (SSSR count). The number of para-hydroxylation sites is 1. The van der Waals surface area contributed by atoms with Crippen LogP contribution in [0.15, 0.2) is 24.3 Å². The molecule has 0 radical (unpaired) electrons. The van der Waals surface area contributed by atoms with Gasteiger partial charge in [0, 0.05) is 23.7 Å². The lowest BCUT2D eigenvalue weighted by Gasteiger charge is -2.13. The van der Waals surface area contributed by atoms with Crippen molar-refractivity contribution in [1.29, 1.82) is 0 Å². The molecule has 3 N–H and O–H groups in total.